The largest absolute Gasteiger partial charge is 0.491 e. The second kappa shape index (κ2) is 7.82. The number of pyridine rings is 1. The van der Waals surface area contributed by atoms with Crippen molar-refractivity contribution in [1.82, 2.24) is 4.57 Å². The van der Waals surface area contributed by atoms with E-state index in [4.69, 9.17) is 9.47 Å². The fourth-order valence-electron chi connectivity index (χ4n) is 5.52. The van der Waals surface area contributed by atoms with Gasteiger partial charge in [0.15, 0.2) is 11.4 Å². The van der Waals surface area contributed by atoms with Crippen LogP contribution in [-0.2, 0) is 15.1 Å². The molecule has 2 aliphatic heterocycles. The summed E-state index contributed by atoms with van der Waals surface area (Å²) in [7, 11) is -0.120. The number of methoxy groups -OCH3 is 1. The lowest BCUT2D eigenvalue weighted by Crippen LogP contribution is -2.44. The van der Waals surface area contributed by atoms with Gasteiger partial charge in [-0.15, -0.1) is 0 Å². The molecule has 1 spiro atoms. The number of fused-ring (bicyclic) bond motifs is 2. The number of halogens is 1. The lowest BCUT2D eigenvalue weighted by molar-refractivity contribution is -0.146. The summed E-state index contributed by atoms with van der Waals surface area (Å²) in [5, 5.41) is 9.58. The van der Waals surface area contributed by atoms with Gasteiger partial charge in [-0.25, -0.2) is 0 Å². The molecule has 0 bridgehead atoms. The zero-order chi connectivity index (χ0) is 23.4. The number of aliphatic hydroxyl groups excluding tert-OH is 1. The molecule has 0 saturated carbocycles. The molecule has 0 unspecified atom stereocenters. The van der Waals surface area contributed by atoms with E-state index >= 15 is 4.11 Å². The van der Waals surface area contributed by atoms with E-state index in [2.05, 4.69) is 0 Å². The van der Waals surface area contributed by atoms with Crippen molar-refractivity contribution < 1.29 is 23.5 Å². The van der Waals surface area contributed by atoms with E-state index in [1.807, 2.05) is 6.92 Å². The second-order valence-electron chi connectivity index (χ2n) is 9.10. The lowest BCUT2D eigenvalue weighted by Gasteiger charge is -2.31. The Bertz CT molecular complexity index is 1110. The summed E-state index contributed by atoms with van der Waals surface area (Å²) >= 11 is 0. The van der Waals surface area contributed by atoms with Gasteiger partial charge in [0.25, 0.3) is 11.5 Å². The molecule has 32 heavy (non-hydrogen) atoms. The van der Waals surface area contributed by atoms with E-state index in [0.29, 0.717) is 16.9 Å². The van der Waals surface area contributed by atoms with Crippen molar-refractivity contribution in [3.8, 4) is 11.4 Å². The Hall–Kier alpha value is -2.49. The summed E-state index contributed by atoms with van der Waals surface area (Å²) in [6, 6.07) is 8.62. The molecule has 1 aromatic heterocycles. The van der Waals surface area contributed by atoms with Crippen molar-refractivity contribution in [2.75, 3.05) is 25.7 Å². The molecular weight excluding hydrogens is 431 g/mol. The van der Waals surface area contributed by atoms with E-state index < -0.39 is 31.6 Å². The fourth-order valence-corrected chi connectivity index (χ4v) is 8.06. The minimum atomic E-state index is -3.23. The van der Waals surface area contributed by atoms with Crippen LogP contribution in [-0.4, -0.2) is 50.9 Å². The van der Waals surface area contributed by atoms with E-state index in [1.54, 1.807) is 56.7 Å². The normalized spacial score (nSPS) is 27.3. The molecule has 0 radical (unpaired) electrons. The maximum absolute atomic E-state index is 15.4. The number of aliphatic hydroxyl groups is 1. The first-order valence-corrected chi connectivity index (χ1v) is 13.7. The standard InChI is InChI=1S/C23H29FN2O5Si/c1-14-20(32(4,5)24)18(10-12-27)31-23(14)16-13-15(8-9-17(16)25(2)22(23)29)26-11-6-7-19(30-3)21(26)28/h6-9,11,13-14,18,20,27H,10,12H2,1-5H3/t14-,18+,20-,23+/m1/s1. The smallest absolute Gasteiger partial charge is 0.297 e. The van der Waals surface area contributed by atoms with Gasteiger partial charge in [0, 0.05) is 42.6 Å². The van der Waals surface area contributed by atoms with Crippen molar-refractivity contribution in [3.63, 3.8) is 0 Å². The summed E-state index contributed by atoms with van der Waals surface area (Å²) in [6.07, 6.45) is 1.33. The van der Waals surface area contributed by atoms with Crippen LogP contribution in [0.3, 0.4) is 0 Å². The van der Waals surface area contributed by atoms with E-state index in [9.17, 15) is 14.7 Å². The van der Waals surface area contributed by atoms with Crippen LogP contribution in [0.2, 0.25) is 18.6 Å². The number of hydrogen-bond acceptors (Lipinski definition) is 5. The third-order valence-electron chi connectivity index (χ3n) is 6.90. The van der Waals surface area contributed by atoms with Crippen molar-refractivity contribution in [2.24, 2.45) is 5.92 Å². The van der Waals surface area contributed by atoms with Gasteiger partial charge in [0.1, 0.15) is 0 Å². The summed E-state index contributed by atoms with van der Waals surface area (Å²) in [5.74, 6) is -0.479. The van der Waals surface area contributed by atoms with Gasteiger partial charge in [-0.3, -0.25) is 14.2 Å². The predicted molar refractivity (Wildman–Crippen MR) is 122 cm³/mol. The number of likely N-dealkylation sites (N-methyl/N-ethyl adjacent to an activating group) is 1. The number of anilines is 1. The Labute approximate surface area is 187 Å². The monoisotopic (exact) mass is 460 g/mol. The number of carbonyl (C=O) groups is 1. The highest BCUT2D eigenvalue weighted by Crippen LogP contribution is 2.60. The Morgan fingerprint density at radius 1 is 1.28 bits per heavy atom. The highest BCUT2D eigenvalue weighted by molar-refractivity contribution is 6.72. The quantitative estimate of drug-likeness (QED) is 0.548. The molecule has 1 fully saturated rings. The Morgan fingerprint density at radius 3 is 2.62 bits per heavy atom. The first kappa shape index (κ1) is 22.7. The lowest BCUT2D eigenvalue weighted by atomic mass is 9.82. The number of benzene rings is 1. The van der Waals surface area contributed by atoms with Gasteiger partial charge in [-0.05, 0) is 49.8 Å². The summed E-state index contributed by atoms with van der Waals surface area (Å²) in [4.78, 5) is 27.9. The van der Waals surface area contributed by atoms with Crippen LogP contribution in [0.25, 0.3) is 5.69 Å². The van der Waals surface area contributed by atoms with Crippen molar-refractivity contribution >= 4 is 20.0 Å². The molecule has 2 aromatic rings. The molecule has 1 saturated heterocycles. The average molecular weight is 461 g/mol. The Morgan fingerprint density at radius 2 is 2.00 bits per heavy atom. The molecule has 4 atom stereocenters. The van der Waals surface area contributed by atoms with E-state index in [0.717, 1.165) is 0 Å². The molecule has 1 aromatic carbocycles. The maximum Gasteiger partial charge on any atom is 0.297 e. The van der Waals surface area contributed by atoms with Crippen LogP contribution in [0.5, 0.6) is 5.75 Å². The third kappa shape index (κ3) is 3.14. The van der Waals surface area contributed by atoms with Crippen molar-refractivity contribution in [3.05, 3.63) is 52.4 Å². The molecule has 1 amide bonds. The van der Waals surface area contributed by atoms with Crippen LogP contribution in [0.15, 0.2) is 41.3 Å². The van der Waals surface area contributed by atoms with Crippen LogP contribution in [0.1, 0.15) is 18.9 Å². The number of rotatable bonds is 5. The van der Waals surface area contributed by atoms with Gasteiger partial charge in [0.2, 0.25) is 8.41 Å². The van der Waals surface area contributed by atoms with Gasteiger partial charge in [-0.1, -0.05) is 6.92 Å². The van der Waals surface area contributed by atoms with Crippen LogP contribution in [0.4, 0.5) is 9.80 Å². The number of carbonyl (C=O) groups excluding carboxylic acids is 1. The number of nitrogens with zero attached hydrogens (tertiary/aromatic N) is 2. The zero-order valence-corrected chi connectivity index (χ0v) is 20.0. The Kier molecular flexibility index (Phi) is 5.55. The van der Waals surface area contributed by atoms with Crippen LogP contribution in [0, 0.1) is 5.92 Å². The number of ether oxygens (including phenoxy) is 2. The first-order chi connectivity index (χ1) is 15.1. The highest BCUT2D eigenvalue weighted by Gasteiger charge is 2.66. The fraction of sp³-hybridized carbons (Fsp3) is 0.478. The van der Waals surface area contributed by atoms with Crippen LogP contribution < -0.4 is 15.2 Å². The summed E-state index contributed by atoms with van der Waals surface area (Å²) in [6.45, 7) is 4.96. The molecule has 2 aliphatic rings. The molecule has 3 heterocycles. The number of hydrogen-bond donors (Lipinski definition) is 1. The second-order valence-corrected chi connectivity index (χ2v) is 12.9. The SMILES string of the molecule is COc1cccn(-c2ccc3c(c2)[C@]2(O[C@@H](CCO)[C@H]([Si](C)(C)F)[C@H]2C)C(=O)N3C)c1=O. The zero-order valence-electron chi connectivity index (χ0n) is 19.0. The number of aromatic nitrogens is 1. The topological polar surface area (TPSA) is 81.0 Å². The van der Waals surface area contributed by atoms with E-state index in [1.165, 1.54) is 16.6 Å². The predicted octanol–water partition coefficient (Wildman–Crippen LogP) is 2.98. The van der Waals surface area contributed by atoms with E-state index in [-0.39, 0.29) is 30.2 Å². The Balaban J connectivity index is 1.90. The maximum atomic E-state index is 15.4. The van der Waals surface area contributed by atoms with Crippen LogP contribution >= 0.6 is 0 Å². The molecular formula is C23H29FN2O5Si. The molecule has 1 N–H and O–H groups in total. The highest BCUT2D eigenvalue weighted by atomic mass is 28.4. The minimum absolute atomic E-state index is 0.148. The van der Waals surface area contributed by atoms with Crippen molar-refractivity contribution in [2.45, 2.75) is 43.7 Å². The average Bonchev–Trinajstić information content (AvgIpc) is 3.15. The van der Waals surface area contributed by atoms with Gasteiger partial charge >= 0.3 is 0 Å². The molecule has 0 aliphatic carbocycles. The first-order valence-electron chi connectivity index (χ1n) is 10.7. The molecule has 9 heteroatoms. The molecule has 172 valence electrons. The number of amides is 1. The van der Waals surface area contributed by atoms with Gasteiger partial charge in [-0.2, -0.15) is 0 Å². The van der Waals surface area contributed by atoms with Gasteiger partial charge in [0.05, 0.1) is 18.9 Å². The molecule has 7 nitrogen and oxygen atoms in total. The van der Waals surface area contributed by atoms with Gasteiger partial charge < -0.3 is 23.6 Å². The summed E-state index contributed by atoms with van der Waals surface area (Å²) in [5.41, 5.74) is -0.290. The molecule has 4 rings (SSSR count). The third-order valence-corrected chi connectivity index (χ3v) is 9.36. The minimum Gasteiger partial charge on any atom is -0.491 e. The summed E-state index contributed by atoms with van der Waals surface area (Å²) < 4.78 is 28.4. The van der Waals surface area contributed by atoms with Crippen molar-refractivity contribution in [1.29, 1.82) is 0 Å².